The van der Waals surface area contributed by atoms with Crippen molar-refractivity contribution in [3.05, 3.63) is 17.9 Å². The van der Waals surface area contributed by atoms with Gasteiger partial charge < -0.3 is 9.32 Å². The summed E-state index contributed by atoms with van der Waals surface area (Å²) >= 11 is 0. The highest BCUT2D eigenvalue weighted by Gasteiger charge is 2.36. The molecule has 0 aromatic carbocycles. The molecule has 1 amide bonds. The number of alkyl halides is 3. The Kier molecular flexibility index (Phi) is 4.55. The molecule has 0 N–H and O–H groups in total. The molecule has 1 aromatic heterocycles. The van der Waals surface area contributed by atoms with Crippen molar-refractivity contribution in [3.63, 3.8) is 0 Å². The fourth-order valence-corrected chi connectivity index (χ4v) is 2.77. The topological polar surface area (TPSA) is 67.6 Å². The maximum absolute atomic E-state index is 12.6. The van der Waals surface area contributed by atoms with Crippen molar-refractivity contribution in [2.45, 2.75) is 30.5 Å². The lowest BCUT2D eigenvalue weighted by molar-refractivity contribution is -0.142. The van der Waals surface area contributed by atoms with E-state index in [1.807, 2.05) is 0 Å². The molecule has 2 rings (SSSR count). The molecule has 0 spiro atoms. The zero-order chi connectivity index (χ0) is 16.5. The summed E-state index contributed by atoms with van der Waals surface area (Å²) in [5.74, 6) is -1.29. The largest absolute Gasteiger partial charge is 0.440 e. The molecule has 0 radical (unpaired) electrons. The lowest BCUT2D eigenvalue weighted by Gasteiger charge is -2.32. The first-order valence-electron chi connectivity index (χ1n) is 6.72. The van der Waals surface area contributed by atoms with E-state index in [1.54, 1.807) is 0 Å². The Balaban J connectivity index is 2.18. The number of rotatable bonds is 5. The minimum absolute atomic E-state index is 0.00669. The van der Waals surface area contributed by atoms with Crippen molar-refractivity contribution in [3.8, 4) is 0 Å². The van der Waals surface area contributed by atoms with E-state index in [9.17, 15) is 26.4 Å². The van der Waals surface area contributed by atoms with E-state index >= 15 is 0 Å². The van der Waals surface area contributed by atoms with Gasteiger partial charge in [0, 0.05) is 12.8 Å². The van der Waals surface area contributed by atoms with Crippen LogP contribution in [0.4, 0.5) is 13.2 Å². The molecule has 0 saturated heterocycles. The first-order valence-corrected chi connectivity index (χ1v) is 8.61. The van der Waals surface area contributed by atoms with Crippen LogP contribution in [-0.4, -0.2) is 44.7 Å². The van der Waals surface area contributed by atoms with Crippen LogP contribution in [0.25, 0.3) is 0 Å². The van der Waals surface area contributed by atoms with Gasteiger partial charge in [0.2, 0.25) is 14.9 Å². The van der Waals surface area contributed by atoms with Crippen molar-refractivity contribution in [1.82, 2.24) is 4.90 Å². The van der Waals surface area contributed by atoms with Gasteiger partial charge in [0.25, 0.3) is 5.91 Å². The summed E-state index contributed by atoms with van der Waals surface area (Å²) in [4.78, 5) is 12.9. The predicted octanol–water partition coefficient (Wildman–Crippen LogP) is 2.49. The number of carbonyl (C=O) groups is 1. The van der Waals surface area contributed by atoms with Crippen LogP contribution >= 0.6 is 0 Å². The molecular weight excluding hydrogens is 323 g/mol. The maximum atomic E-state index is 12.6. The molecule has 1 aromatic rings. The fourth-order valence-electron chi connectivity index (χ4n) is 2.21. The number of amides is 1. The molecule has 1 saturated carbocycles. The molecule has 0 bridgehead atoms. The normalized spacial score (nSPS) is 16.4. The molecule has 0 unspecified atom stereocenters. The van der Waals surface area contributed by atoms with Crippen LogP contribution in [0.15, 0.2) is 21.6 Å². The van der Waals surface area contributed by atoms with Gasteiger partial charge in [-0.3, -0.25) is 4.79 Å². The van der Waals surface area contributed by atoms with Crippen molar-refractivity contribution in [2.75, 3.05) is 19.3 Å². The third kappa shape index (κ3) is 4.25. The van der Waals surface area contributed by atoms with Crippen molar-refractivity contribution in [1.29, 1.82) is 0 Å². The SMILES string of the molecule is CS(=O)(=O)c1ccc(C(=O)N(CC2CCC2)CC(F)(F)F)o1. The van der Waals surface area contributed by atoms with Gasteiger partial charge in [0.15, 0.2) is 5.76 Å². The van der Waals surface area contributed by atoms with E-state index < -0.39 is 39.3 Å². The van der Waals surface area contributed by atoms with Gasteiger partial charge in [-0.25, -0.2) is 8.42 Å². The smallest absolute Gasteiger partial charge is 0.406 e. The molecule has 1 fully saturated rings. The van der Waals surface area contributed by atoms with Crippen LogP contribution < -0.4 is 0 Å². The van der Waals surface area contributed by atoms with E-state index in [0.717, 1.165) is 37.7 Å². The number of halogens is 3. The minimum atomic E-state index is -4.52. The number of carbonyl (C=O) groups excluding carboxylic acids is 1. The molecule has 0 atom stereocenters. The third-order valence-electron chi connectivity index (χ3n) is 3.52. The lowest BCUT2D eigenvalue weighted by atomic mass is 9.85. The van der Waals surface area contributed by atoms with Gasteiger partial charge >= 0.3 is 6.18 Å². The first-order chi connectivity index (χ1) is 10.1. The molecule has 124 valence electrons. The summed E-state index contributed by atoms with van der Waals surface area (Å²) in [6, 6.07) is 2.15. The third-order valence-corrected chi connectivity index (χ3v) is 4.47. The molecule has 5 nitrogen and oxygen atoms in total. The van der Waals surface area contributed by atoms with Crippen molar-refractivity contribution < 1.29 is 30.8 Å². The zero-order valence-corrected chi connectivity index (χ0v) is 12.7. The highest BCUT2D eigenvalue weighted by Crippen LogP contribution is 2.29. The summed E-state index contributed by atoms with van der Waals surface area (Å²) in [7, 11) is -3.65. The van der Waals surface area contributed by atoms with Gasteiger partial charge in [-0.05, 0) is 30.9 Å². The molecular formula is C13H16F3NO4S. The standard InChI is InChI=1S/C13H16F3NO4S/c1-22(19,20)11-6-5-10(21-11)12(18)17(8-13(14,15)16)7-9-3-2-4-9/h5-6,9H,2-4,7-8H2,1H3. The van der Waals surface area contributed by atoms with Crippen LogP contribution in [0, 0.1) is 5.92 Å². The second-order valence-electron chi connectivity index (χ2n) is 5.49. The minimum Gasteiger partial charge on any atom is -0.440 e. The number of sulfone groups is 1. The molecule has 1 aliphatic rings. The molecule has 0 aliphatic heterocycles. The van der Waals surface area contributed by atoms with Crippen LogP contribution in [0.3, 0.4) is 0 Å². The van der Waals surface area contributed by atoms with Gasteiger partial charge in [-0.15, -0.1) is 0 Å². The Morgan fingerprint density at radius 1 is 1.36 bits per heavy atom. The quantitative estimate of drug-likeness (QED) is 0.826. The number of nitrogens with zero attached hydrogens (tertiary/aromatic N) is 1. The highest BCUT2D eigenvalue weighted by atomic mass is 32.2. The average Bonchev–Trinajstić information content (AvgIpc) is 2.78. The Hall–Kier alpha value is -1.51. The Labute approximate surface area is 126 Å². The average molecular weight is 339 g/mol. The monoisotopic (exact) mass is 339 g/mol. The Morgan fingerprint density at radius 2 is 2.00 bits per heavy atom. The fraction of sp³-hybridized carbons (Fsp3) is 0.615. The summed E-state index contributed by atoms with van der Waals surface area (Å²) in [5, 5.41) is -0.438. The Morgan fingerprint density at radius 3 is 2.41 bits per heavy atom. The van der Waals surface area contributed by atoms with E-state index in [0.29, 0.717) is 4.90 Å². The number of furan rings is 1. The second kappa shape index (κ2) is 5.94. The zero-order valence-electron chi connectivity index (χ0n) is 11.9. The first kappa shape index (κ1) is 16.9. The van der Waals surface area contributed by atoms with Crippen molar-refractivity contribution >= 4 is 15.7 Å². The summed E-state index contributed by atoms with van der Waals surface area (Å²) in [6.07, 6.45) is -1.12. The lowest BCUT2D eigenvalue weighted by Crippen LogP contribution is -2.42. The second-order valence-corrected chi connectivity index (χ2v) is 7.44. The summed E-state index contributed by atoms with van der Waals surface area (Å²) in [5.41, 5.74) is 0. The number of hydrogen-bond acceptors (Lipinski definition) is 4. The maximum Gasteiger partial charge on any atom is 0.406 e. The van der Waals surface area contributed by atoms with E-state index in [-0.39, 0.29) is 12.5 Å². The van der Waals surface area contributed by atoms with Crippen LogP contribution in [0.5, 0.6) is 0 Å². The van der Waals surface area contributed by atoms with Crippen molar-refractivity contribution in [2.24, 2.45) is 5.92 Å². The molecule has 1 aliphatic carbocycles. The van der Waals surface area contributed by atoms with Gasteiger partial charge in [0.05, 0.1) is 0 Å². The van der Waals surface area contributed by atoms with Gasteiger partial charge in [0.1, 0.15) is 6.54 Å². The van der Waals surface area contributed by atoms with Crippen LogP contribution in [-0.2, 0) is 9.84 Å². The van der Waals surface area contributed by atoms with E-state index in [1.165, 1.54) is 0 Å². The van der Waals surface area contributed by atoms with Crippen LogP contribution in [0.1, 0.15) is 29.8 Å². The van der Waals surface area contributed by atoms with E-state index in [2.05, 4.69) is 0 Å². The summed E-state index contributed by atoms with van der Waals surface area (Å²) in [6.45, 7) is -1.38. The molecule has 22 heavy (non-hydrogen) atoms. The Bertz CT molecular complexity index is 646. The van der Waals surface area contributed by atoms with Crippen LogP contribution in [0.2, 0.25) is 0 Å². The van der Waals surface area contributed by atoms with E-state index in [4.69, 9.17) is 4.42 Å². The molecule has 9 heteroatoms. The summed E-state index contributed by atoms with van der Waals surface area (Å²) < 4.78 is 65.4. The number of hydrogen-bond donors (Lipinski definition) is 0. The predicted molar refractivity (Wildman–Crippen MR) is 71.1 cm³/mol. The molecule has 1 heterocycles. The van der Waals surface area contributed by atoms with Gasteiger partial charge in [-0.1, -0.05) is 6.42 Å². The highest BCUT2D eigenvalue weighted by molar-refractivity contribution is 7.90. The van der Waals surface area contributed by atoms with Gasteiger partial charge in [-0.2, -0.15) is 13.2 Å².